The van der Waals surface area contributed by atoms with Gasteiger partial charge in [0.05, 0.1) is 10.9 Å². The van der Waals surface area contributed by atoms with Gasteiger partial charge < -0.3 is 10.6 Å². The van der Waals surface area contributed by atoms with E-state index in [4.69, 9.17) is 0 Å². The summed E-state index contributed by atoms with van der Waals surface area (Å²) in [7, 11) is 0. The standard InChI is InChI=1S/C23H31N3OS/c1-6-17(4)18-9-11-19(12-10-18)22(20-8-7-13-28-20)25-14-21(27)26-23(5,15-24)16(2)3/h7-13,16-17,22,25H,6,14H2,1-5H3,(H,26,27)/p+1/t17-,22-,23+/m1/s1. The molecule has 1 amide bonds. The quantitative estimate of drug-likeness (QED) is 0.671. The first kappa shape index (κ1) is 22.1. The number of carbonyl (C=O) groups excluding carboxylic acids is 1. The number of nitrogens with zero attached hydrogens (tertiary/aromatic N) is 1. The highest BCUT2D eigenvalue weighted by atomic mass is 32.1. The highest BCUT2D eigenvalue weighted by Crippen LogP contribution is 2.25. The Morgan fingerprint density at radius 3 is 2.36 bits per heavy atom. The van der Waals surface area contributed by atoms with Crippen molar-refractivity contribution in [2.24, 2.45) is 5.92 Å². The molecule has 1 aromatic carbocycles. The van der Waals surface area contributed by atoms with E-state index < -0.39 is 5.54 Å². The third-order valence-corrected chi connectivity index (χ3v) is 6.61. The van der Waals surface area contributed by atoms with Gasteiger partial charge in [0.25, 0.3) is 5.91 Å². The molecule has 2 rings (SSSR count). The molecule has 28 heavy (non-hydrogen) atoms. The molecule has 3 N–H and O–H groups in total. The van der Waals surface area contributed by atoms with Gasteiger partial charge in [0.15, 0.2) is 6.54 Å². The number of rotatable bonds is 9. The molecule has 2 aromatic rings. The molecule has 150 valence electrons. The minimum atomic E-state index is -0.846. The molecule has 0 bridgehead atoms. The van der Waals surface area contributed by atoms with Gasteiger partial charge in [-0.3, -0.25) is 4.79 Å². The predicted molar refractivity (Wildman–Crippen MR) is 115 cm³/mol. The lowest BCUT2D eigenvalue weighted by atomic mass is 9.90. The average Bonchev–Trinajstić information content (AvgIpc) is 3.22. The second-order valence-corrected chi connectivity index (χ2v) is 8.91. The highest BCUT2D eigenvalue weighted by Gasteiger charge is 2.31. The normalized spacial score (nSPS) is 15.5. The molecule has 0 saturated carbocycles. The third-order valence-electron chi connectivity index (χ3n) is 5.65. The van der Waals surface area contributed by atoms with Gasteiger partial charge in [0, 0.05) is 5.56 Å². The topological polar surface area (TPSA) is 69.5 Å². The van der Waals surface area contributed by atoms with Crippen LogP contribution in [0.15, 0.2) is 41.8 Å². The van der Waals surface area contributed by atoms with Crippen LogP contribution in [0.4, 0.5) is 0 Å². The molecule has 1 heterocycles. The molecule has 0 aliphatic carbocycles. The monoisotopic (exact) mass is 398 g/mol. The summed E-state index contributed by atoms with van der Waals surface area (Å²) in [5.74, 6) is 0.474. The van der Waals surface area contributed by atoms with E-state index in [1.165, 1.54) is 16.0 Å². The average molecular weight is 399 g/mol. The van der Waals surface area contributed by atoms with Gasteiger partial charge in [0.1, 0.15) is 11.6 Å². The number of nitriles is 1. The zero-order valence-electron chi connectivity index (χ0n) is 17.5. The van der Waals surface area contributed by atoms with Gasteiger partial charge in [-0.15, -0.1) is 11.3 Å². The van der Waals surface area contributed by atoms with Crippen molar-refractivity contribution >= 4 is 17.2 Å². The molecule has 0 radical (unpaired) electrons. The number of nitrogens with one attached hydrogen (secondary N) is 1. The Morgan fingerprint density at radius 2 is 1.86 bits per heavy atom. The molecular formula is C23H32N3OS+. The predicted octanol–water partition coefficient (Wildman–Crippen LogP) is 3.97. The van der Waals surface area contributed by atoms with Gasteiger partial charge in [-0.05, 0) is 42.2 Å². The van der Waals surface area contributed by atoms with Crippen LogP contribution in [-0.4, -0.2) is 18.0 Å². The first-order valence-corrected chi connectivity index (χ1v) is 10.9. The molecule has 0 fully saturated rings. The molecule has 4 nitrogen and oxygen atoms in total. The van der Waals surface area contributed by atoms with Crippen LogP contribution in [0, 0.1) is 17.2 Å². The van der Waals surface area contributed by atoms with E-state index in [1.807, 2.05) is 19.9 Å². The van der Waals surface area contributed by atoms with Crippen LogP contribution >= 0.6 is 11.3 Å². The number of hydrogen-bond acceptors (Lipinski definition) is 3. The van der Waals surface area contributed by atoms with Crippen LogP contribution in [0.3, 0.4) is 0 Å². The zero-order chi connectivity index (χ0) is 20.7. The Kier molecular flexibility index (Phi) is 7.79. The minimum Gasteiger partial charge on any atom is -0.333 e. The Morgan fingerprint density at radius 1 is 1.21 bits per heavy atom. The highest BCUT2D eigenvalue weighted by molar-refractivity contribution is 7.10. The van der Waals surface area contributed by atoms with Crippen LogP contribution in [0.1, 0.15) is 69.0 Å². The molecule has 0 aliphatic rings. The lowest BCUT2D eigenvalue weighted by molar-refractivity contribution is -0.676. The number of thiophene rings is 1. The van der Waals surface area contributed by atoms with Crippen molar-refractivity contribution in [2.45, 2.75) is 58.5 Å². The first-order chi connectivity index (χ1) is 13.3. The molecule has 0 spiro atoms. The summed E-state index contributed by atoms with van der Waals surface area (Å²) in [6, 6.07) is 15.2. The van der Waals surface area contributed by atoms with E-state index in [2.05, 4.69) is 66.3 Å². The van der Waals surface area contributed by atoms with Gasteiger partial charge in [0.2, 0.25) is 0 Å². The number of quaternary nitrogens is 1. The van der Waals surface area contributed by atoms with Gasteiger partial charge in [-0.25, -0.2) is 0 Å². The Bertz CT molecular complexity index is 792. The van der Waals surface area contributed by atoms with Crippen molar-refractivity contribution in [1.82, 2.24) is 5.32 Å². The maximum Gasteiger partial charge on any atom is 0.276 e. The van der Waals surface area contributed by atoms with E-state index in [9.17, 15) is 10.1 Å². The lowest BCUT2D eigenvalue weighted by Crippen LogP contribution is -2.88. The third kappa shape index (κ3) is 5.43. The molecule has 5 heteroatoms. The van der Waals surface area contributed by atoms with E-state index in [0.29, 0.717) is 5.92 Å². The fraction of sp³-hybridized carbons (Fsp3) is 0.478. The second-order valence-electron chi connectivity index (χ2n) is 7.93. The SMILES string of the molecule is CC[C@@H](C)c1ccc([C@@H]([NH2+]CC(=O)N[C@@](C)(C#N)C(C)C)c2cccs2)cc1. The summed E-state index contributed by atoms with van der Waals surface area (Å²) in [6.45, 7) is 10.4. The molecule has 0 saturated heterocycles. The van der Waals surface area contributed by atoms with E-state index in [-0.39, 0.29) is 24.4 Å². The van der Waals surface area contributed by atoms with Crippen molar-refractivity contribution in [3.05, 3.63) is 57.8 Å². The fourth-order valence-corrected chi connectivity index (χ4v) is 3.87. The van der Waals surface area contributed by atoms with Crippen LogP contribution in [0.25, 0.3) is 0 Å². The van der Waals surface area contributed by atoms with Gasteiger partial charge in [-0.2, -0.15) is 5.26 Å². The summed E-state index contributed by atoms with van der Waals surface area (Å²) in [6.07, 6.45) is 1.12. The second kappa shape index (κ2) is 9.86. The van der Waals surface area contributed by atoms with E-state index >= 15 is 0 Å². The van der Waals surface area contributed by atoms with Crippen LogP contribution in [-0.2, 0) is 4.79 Å². The van der Waals surface area contributed by atoms with Crippen LogP contribution < -0.4 is 10.6 Å². The maximum atomic E-state index is 12.5. The Labute approximate surface area is 173 Å². The molecule has 1 aromatic heterocycles. The Hall–Kier alpha value is -2.16. The van der Waals surface area contributed by atoms with Crippen molar-refractivity contribution in [2.75, 3.05) is 6.54 Å². The number of hydrogen-bond donors (Lipinski definition) is 2. The van der Waals surface area contributed by atoms with Crippen LogP contribution in [0.5, 0.6) is 0 Å². The Balaban J connectivity index is 2.13. The maximum absolute atomic E-state index is 12.5. The van der Waals surface area contributed by atoms with Crippen molar-refractivity contribution in [1.29, 1.82) is 5.26 Å². The molecule has 0 aliphatic heterocycles. The van der Waals surface area contributed by atoms with Gasteiger partial charge >= 0.3 is 0 Å². The number of benzene rings is 1. The van der Waals surface area contributed by atoms with Crippen molar-refractivity contribution < 1.29 is 10.1 Å². The zero-order valence-corrected chi connectivity index (χ0v) is 18.3. The largest absolute Gasteiger partial charge is 0.333 e. The summed E-state index contributed by atoms with van der Waals surface area (Å²) in [5.41, 5.74) is 1.69. The smallest absolute Gasteiger partial charge is 0.276 e. The molecule has 0 unspecified atom stereocenters. The van der Waals surface area contributed by atoms with Crippen molar-refractivity contribution in [3.8, 4) is 6.07 Å². The molecular weight excluding hydrogens is 366 g/mol. The van der Waals surface area contributed by atoms with Crippen LogP contribution in [0.2, 0.25) is 0 Å². The van der Waals surface area contributed by atoms with Crippen molar-refractivity contribution in [3.63, 3.8) is 0 Å². The summed E-state index contributed by atoms with van der Waals surface area (Å²) in [4.78, 5) is 13.7. The number of nitrogens with two attached hydrogens (primary N) is 1. The van der Waals surface area contributed by atoms with E-state index in [0.717, 1.165) is 6.42 Å². The summed E-state index contributed by atoms with van der Waals surface area (Å²) >= 11 is 1.70. The summed E-state index contributed by atoms with van der Waals surface area (Å²) < 4.78 is 0. The van der Waals surface area contributed by atoms with Gasteiger partial charge in [-0.1, -0.05) is 58.0 Å². The number of carbonyl (C=O) groups is 1. The number of amides is 1. The lowest BCUT2D eigenvalue weighted by Gasteiger charge is -2.27. The summed E-state index contributed by atoms with van der Waals surface area (Å²) in [5, 5.41) is 16.4. The fourth-order valence-electron chi connectivity index (χ4n) is 3.02. The molecule has 3 atom stereocenters. The first-order valence-electron chi connectivity index (χ1n) is 9.99. The van der Waals surface area contributed by atoms with E-state index in [1.54, 1.807) is 18.3 Å². The minimum absolute atomic E-state index is 0.0441.